The Kier molecular flexibility index (Phi) is 8.27. The van der Waals surface area contributed by atoms with Crippen molar-refractivity contribution >= 4 is 11.8 Å². The molecule has 32 heavy (non-hydrogen) atoms. The van der Waals surface area contributed by atoms with Gasteiger partial charge in [-0.1, -0.05) is 43.0 Å². The van der Waals surface area contributed by atoms with Crippen molar-refractivity contribution in [3.8, 4) is 17.2 Å². The minimum absolute atomic E-state index is 0.256. The van der Waals surface area contributed by atoms with Crippen LogP contribution in [0.4, 0.5) is 0 Å². The van der Waals surface area contributed by atoms with E-state index in [1.807, 2.05) is 30.3 Å². The van der Waals surface area contributed by atoms with Gasteiger partial charge < -0.3 is 14.2 Å². The Hall–Kier alpha value is -4.26. The molecule has 3 rings (SSSR count). The molecule has 3 aromatic rings. The minimum atomic E-state index is -0.496. The summed E-state index contributed by atoms with van der Waals surface area (Å²) >= 11 is 0. The fourth-order valence-corrected chi connectivity index (χ4v) is 2.72. The Bertz CT molecular complexity index is 1040. The normalized spacial score (nSPS) is 10.0. The van der Waals surface area contributed by atoms with Crippen LogP contribution in [0.2, 0.25) is 0 Å². The second kappa shape index (κ2) is 11.8. The predicted octanol–water partition coefficient (Wildman–Crippen LogP) is 3.78. The summed E-state index contributed by atoms with van der Waals surface area (Å²) in [4.78, 5) is 24.9. The average molecular weight is 432 g/mol. The summed E-state index contributed by atoms with van der Waals surface area (Å²) < 4.78 is 16.7. The number of benzene rings is 3. The van der Waals surface area contributed by atoms with Crippen LogP contribution in [0, 0.1) is 0 Å². The second-order valence-electron chi connectivity index (χ2n) is 6.54. The number of hydrogen-bond acceptors (Lipinski definition) is 5. The van der Waals surface area contributed by atoms with Crippen molar-refractivity contribution in [2.75, 3.05) is 19.8 Å². The highest BCUT2D eigenvalue weighted by molar-refractivity contribution is 6.00. The molecule has 0 aliphatic heterocycles. The summed E-state index contributed by atoms with van der Waals surface area (Å²) in [5.74, 6) is 0.796. The van der Waals surface area contributed by atoms with Crippen LogP contribution < -0.4 is 25.1 Å². The lowest BCUT2D eigenvalue weighted by atomic mass is 10.2. The summed E-state index contributed by atoms with van der Waals surface area (Å²) in [6.07, 6.45) is 1.63. The highest BCUT2D eigenvalue weighted by Crippen LogP contribution is 2.18. The number of amides is 2. The molecule has 0 aliphatic rings. The summed E-state index contributed by atoms with van der Waals surface area (Å²) in [6.45, 7) is 4.54. The third kappa shape index (κ3) is 6.63. The zero-order valence-corrected chi connectivity index (χ0v) is 17.5. The molecule has 0 fully saturated rings. The van der Waals surface area contributed by atoms with Gasteiger partial charge in [0.25, 0.3) is 11.8 Å². The monoisotopic (exact) mass is 432 g/mol. The van der Waals surface area contributed by atoms with Crippen molar-refractivity contribution in [3.63, 3.8) is 0 Å². The van der Waals surface area contributed by atoms with E-state index in [1.54, 1.807) is 54.6 Å². The summed E-state index contributed by atoms with van der Waals surface area (Å²) in [5.41, 5.74) is 5.47. The number of rotatable bonds is 10. The quantitative estimate of drug-likeness (QED) is 0.289. The predicted molar refractivity (Wildman–Crippen MR) is 121 cm³/mol. The van der Waals surface area contributed by atoms with Gasteiger partial charge >= 0.3 is 0 Å². The molecule has 0 radical (unpaired) electrons. The smallest absolute Gasteiger partial charge is 0.273 e. The molecule has 0 bridgehead atoms. The summed E-state index contributed by atoms with van der Waals surface area (Å²) in [7, 11) is 0. The van der Waals surface area contributed by atoms with Gasteiger partial charge in [-0.15, -0.1) is 0 Å². The Balaban J connectivity index is 1.50. The van der Waals surface area contributed by atoms with Crippen molar-refractivity contribution < 1.29 is 23.8 Å². The summed E-state index contributed by atoms with van der Waals surface area (Å²) in [6, 6.07) is 22.7. The van der Waals surface area contributed by atoms with Crippen LogP contribution in [0.3, 0.4) is 0 Å². The molecule has 3 aromatic carbocycles. The Morgan fingerprint density at radius 3 is 2.09 bits per heavy atom. The molecule has 0 aliphatic carbocycles. The lowest BCUT2D eigenvalue weighted by Crippen LogP contribution is -2.41. The highest BCUT2D eigenvalue weighted by Gasteiger charge is 2.14. The van der Waals surface area contributed by atoms with Gasteiger partial charge in [-0.05, 0) is 48.5 Å². The van der Waals surface area contributed by atoms with Crippen LogP contribution in [-0.2, 0) is 0 Å². The van der Waals surface area contributed by atoms with Gasteiger partial charge in [0, 0.05) is 5.56 Å². The number of ether oxygens (including phenoxy) is 3. The second-order valence-corrected chi connectivity index (χ2v) is 6.54. The van der Waals surface area contributed by atoms with E-state index in [-0.39, 0.29) is 6.61 Å². The van der Waals surface area contributed by atoms with Gasteiger partial charge in [-0.2, -0.15) is 0 Å². The summed E-state index contributed by atoms with van der Waals surface area (Å²) in [5, 5.41) is 0. The largest absolute Gasteiger partial charge is 0.490 e. The van der Waals surface area contributed by atoms with Crippen molar-refractivity contribution in [3.05, 3.63) is 103 Å². The Morgan fingerprint density at radius 2 is 1.34 bits per heavy atom. The Morgan fingerprint density at radius 1 is 0.719 bits per heavy atom. The zero-order valence-electron chi connectivity index (χ0n) is 17.5. The number of hydrogen-bond donors (Lipinski definition) is 2. The topological polar surface area (TPSA) is 85.9 Å². The third-order valence-electron chi connectivity index (χ3n) is 4.26. The first-order chi connectivity index (χ1) is 15.7. The van der Waals surface area contributed by atoms with Gasteiger partial charge in [0.2, 0.25) is 0 Å². The van der Waals surface area contributed by atoms with Gasteiger partial charge in [0.05, 0.1) is 5.56 Å². The molecule has 0 saturated carbocycles. The number of para-hydroxylation sites is 2. The molecular weight excluding hydrogens is 408 g/mol. The first-order valence-corrected chi connectivity index (χ1v) is 10.0. The zero-order chi connectivity index (χ0) is 22.6. The highest BCUT2D eigenvalue weighted by atomic mass is 16.5. The van der Waals surface area contributed by atoms with E-state index >= 15 is 0 Å². The molecule has 164 valence electrons. The molecule has 0 aromatic heterocycles. The maximum absolute atomic E-state index is 12.6. The van der Waals surface area contributed by atoms with Gasteiger partial charge in [-0.25, -0.2) is 0 Å². The van der Waals surface area contributed by atoms with Crippen LogP contribution in [0.15, 0.2) is 91.5 Å². The Labute approximate surface area is 186 Å². The molecule has 0 atom stereocenters. The molecule has 7 heteroatoms. The van der Waals surface area contributed by atoms with Crippen LogP contribution in [0.25, 0.3) is 0 Å². The fourth-order valence-electron chi connectivity index (χ4n) is 2.72. The molecule has 0 saturated heterocycles. The van der Waals surface area contributed by atoms with Crippen LogP contribution in [0.5, 0.6) is 17.2 Å². The van der Waals surface area contributed by atoms with Crippen molar-refractivity contribution in [1.82, 2.24) is 10.9 Å². The van der Waals surface area contributed by atoms with E-state index in [0.717, 1.165) is 5.75 Å². The van der Waals surface area contributed by atoms with E-state index < -0.39 is 11.8 Å². The van der Waals surface area contributed by atoms with Gasteiger partial charge in [0.1, 0.15) is 37.1 Å². The van der Waals surface area contributed by atoms with Crippen LogP contribution in [-0.4, -0.2) is 31.6 Å². The first-order valence-electron chi connectivity index (χ1n) is 10.0. The molecule has 0 spiro atoms. The van der Waals surface area contributed by atoms with E-state index in [2.05, 4.69) is 17.4 Å². The maximum atomic E-state index is 12.6. The van der Waals surface area contributed by atoms with Crippen molar-refractivity contribution in [2.45, 2.75) is 0 Å². The molecule has 2 N–H and O–H groups in total. The molecule has 2 amide bonds. The van der Waals surface area contributed by atoms with E-state index in [0.29, 0.717) is 35.8 Å². The number of carbonyl (C=O) groups is 2. The van der Waals surface area contributed by atoms with Gasteiger partial charge in [0.15, 0.2) is 0 Å². The van der Waals surface area contributed by atoms with Crippen molar-refractivity contribution in [2.24, 2.45) is 0 Å². The standard InChI is InChI=1S/C25H24N2O5/c1-2-16-30-21-14-12-19(13-15-21)24(28)26-27-25(29)22-10-6-7-11-23(22)32-18-17-31-20-8-4-3-5-9-20/h2-15H,1,16-18H2,(H,26,28)(H,27,29). The van der Waals surface area contributed by atoms with Gasteiger partial charge in [-0.3, -0.25) is 20.4 Å². The SMILES string of the molecule is C=CCOc1ccc(C(=O)NNC(=O)c2ccccc2OCCOc2ccccc2)cc1. The molecule has 7 nitrogen and oxygen atoms in total. The van der Waals surface area contributed by atoms with E-state index in [1.165, 1.54) is 0 Å². The van der Waals surface area contributed by atoms with Crippen LogP contribution >= 0.6 is 0 Å². The number of hydrazine groups is 1. The van der Waals surface area contributed by atoms with Crippen molar-refractivity contribution in [1.29, 1.82) is 0 Å². The number of nitrogens with one attached hydrogen (secondary N) is 2. The molecular formula is C25H24N2O5. The lowest BCUT2D eigenvalue weighted by molar-refractivity contribution is 0.0843. The molecule has 0 heterocycles. The lowest BCUT2D eigenvalue weighted by Gasteiger charge is -2.13. The van der Waals surface area contributed by atoms with Crippen LogP contribution in [0.1, 0.15) is 20.7 Å². The number of carbonyl (C=O) groups excluding carboxylic acids is 2. The van der Waals surface area contributed by atoms with E-state index in [4.69, 9.17) is 14.2 Å². The third-order valence-corrected chi connectivity index (χ3v) is 4.26. The first kappa shape index (κ1) is 22.4. The fraction of sp³-hybridized carbons (Fsp3) is 0.120. The maximum Gasteiger partial charge on any atom is 0.273 e. The average Bonchev–Trinajstić information content (AvgIpc) is 2.85. The van der Waals surface area contributed by atoms with E-state index in [9.17, 15) is 9.59 Å². The minimum Gasteiger partial charge on any atom is -0.490 e. The molecule has 0 unspecified atom stereocenters.